The molecule has 0 spiro atoms. The molecule has 1 aromatic rings. The lowest BCUT2D eigenvalue weighted by atomic mass is 9.78. The molecule has 0 N–H and O–H groups in total. The number of aromatic nitrogens is 2. The second kappa shape index (κ2) is 5.57. The molecule has 1 fully saturated rings. The number of carbonyl (C=O) groups is 1. The average Bonchev–Trinajstić information content (AvgIpc) is 2.89. The highest BCUT2D eigenvalue weighted by atomic mass is 79.9. The first kappa shape index (κ1) is 16.2. The molecule has 2 rings (SSSR count). The maximum absolute atomic E-state index is 12.7. The first-order chi connectivity index (χ1) is 9.81. The molecule has 0 bridgehead atoms. The van der Waals surface area contributed by atoms with Gasteiger partial charge in [0.15, 0.2) is 5.78 Å². The van der Waals surface area contributed by atoms with Crippen LogP contribution in [0.2, 0.25) is 0 Å². The Morgan fingerprint density at radius 2 is 2.05 bits per heavy atom. The summed E-state index contributed by atoms with van der Waals surface area (Å²) in [5.41, 5.74) is 0.670. The van der Waals surface area contributed by atoms with Gasteiger partial charge in [0.1, 0.15) is 5.41 Å². The highest BCUT2D eigenvalue weighted by Gasteiger charge is 2.53. The number of hydrogen-bond donors (Lipinski definition) is 0. The van der Waals surface area contributed by atoms with Gasteiger partial charge in [0.05, 0.1) is 21.9 Å². The molecule has 5 heteroatoms. The van der Waals surface area contributed by atoms with Crippen LogP contribution in [0.3, 0.4) is 0 Å². The molecular formula is C16H22BrN3O. The van der Waals surface area contributed by atoms with E-state index in [0.29, 0.717) is 12.8 Å². The molecule has 0 aromatic carbocycles. The first-order valence-corrected chi connectivity index (χ1v) is 8.31. The fraction of sp³-hybridized carbons (Fsp3) is 0.688. The molecular weight excluding hydrogens is 330 g/mol. The molecule has 0 amide bonds. The second-order valence-corrected chi connectivity index (χ2v) is 7.25. The van der Waals surface area contributed by atoms with Gasteiger partial charge in [0.2, 0.25) is 0 Å². The largest absolute Gasteiger partial charge is 0.297 e. The van der Waals surface area contributed by atoms with Crippen LogP contribution in [0.1, 0.15) is 51.9 Å². The van der Waals surface area contributed by atoms with Gasteiger partial charge in [-0.2, -0.15) is 10.4 Å². The van der Waals surface area contributed by atoms with E-state index in [1.807, 2.05) is 25.5 Å². The maximum atomic E-state index is 12.7. The van der Waals surface area contributed by atoms with E-state index in [2.05, 4.69) is 34.0 Å². The molecule has 21 heavy (non-hydrogen) atoms. The SMILES string of the molecule is CCc1nn(CC)c(CC2(C#N)CCC(C)(C)C2=O)c1Br. The molecule has 0 radical (unpaired) electrons. The van der Waals surface area contributed by atoms with Gasteiger partial charge in [-0.3, -0.25) is 9.48 Å². The summed E-state index contributed by atoms with van der Waals surface area (Å²) in [6, 6.07) is 2.33. The Labute approximate surface area is 134 Å². The van der Waals surface area contributed by atoms with E-state index >= 15 is 0 Å². The van der Waals surface area contributed by atoms with Gasteiger partial charge in [-0.15, -0.1) is 0 Å². The van der Waals surface area contributed by atoms with Crippen molar-refractivity contribution < 1.29 is 4.79 Å². The number of Topliss-reactive ketones (excluding diaryl/α,β-unsaturated/α-hetero) is 1. The zero-order valence-corrected chi connectivity index (χ0v) is 14.7. The Hall–Kier alpha value is -1.15. The summed E-state index contributed by atoms with van der Waals surface area (Å²) >= 11 is 3.61. The summed E-state index contributed by atoms with van der Waals surface area (Å²) in [6.07, 6.45) is 2.70. The van der Waals surface area contributed by atoms with Gasteiger partial charge in [0, 0.05) is 18.4 Å². The minimum Gasteiger partial charge on any atom is -0.297 e. The smallest absolute Gasteiger partial charge is 0.159 e. The number of ketones is 1. The van der Waals surface area contributed by atoms with E-state index in [4.69, 9.17) is 0 Å². The van der Waals surface area contributed by atoms with Crippen LogP contribution in [0.4, 0.5) is 0 Å². The number of halogens is 1. The van der Waals surface area contributed by atoms with Gasteiger partial charge >= 0.3 is 0 Å². The quantitative estimate of drug-likeness (QED) is 0.831. The number of rotatable bonds is 4. The van der Waals surface area contributed by atoms with Gasteiger partial charge < -0.3 is 0 Å². The lowest BCUT2D eigenvalue weighted by Gasteiger charge is -2.22. The summed E-state index contributed by atoms with van der Waals surface area (Å²) in [7, 11) is 0. The summed E-state index contributed by atoms with van der Waals surface area (Å²) in [5.74, 6) is 0.0753. The van der Waals surface area contributed by atoms with E-state index in [9.17, 15) is 10.1 Å². The van der Waals surface area contributed by atoms with Crippen molar-refractivity contribution in [3.8, 4) is 6.07 Å². The highest BCUT2D eigenvalue weighted by Crippen LogP contribution is 2.48. The van der Waals surface area contributed by atoms with E-state index < -0.39 is 10.8 Å². The predicted molar refractivity (Wildman–Crippen MR) is 84.8 cm³/mol. The topological polar surface area (TPSA) is 58.7 Å². The van der Waals surface area contributed by atoms with Crippen molar-refractivity contribution >= 4 is 21.7 Å². The van der Waals surface area contributed by atoms with Crippen LogP contribution in [-0.4, -0.2) is 15.6 Å². The molecule has 1 saturated carbocycles. The third kappa shape index (κ3) is 2.55. The van der Waals surface area contributed by atoms with Crippen LogP contribution in [0.15, 0.2) is 4.47 Å². The van der Waals surface area contributed by atoms with Gasteiger partial charge in [-0.05, 0) is 42.1 Å². The Balaban J connectivity index is 2.44. The van der Waals surface area contributed by atoms with Crippen molar-refractivity contribution in [1.82, 2.24) is 9.78 Å². The summed E-state index contributed by atoms with van der Waals surface area (Å²) in [4.78, 5) is 12.7. The van der Waals surface area contributed by atoms with E-state index in [-0.39, 0.29) is 5.78 Å². The van der Waals surface area contributed by atoms with Crippen molar-refractivity contribution in [2.45, 2.75) is 59.9 Å². The number of nitriles is 1. The van der Waals surface area contributed by atoms with Gasteiger partial charge in [-0.1, -0.05) is 20.8 Å². The van der Waals surface area contributed by atoms with E-state index in [1.165, 1.54) is 0 Å². The normalized spacial score (nSPS) is 24.3. The number of nitrogens with zero attached hydrogens (tertiary/aromatic N) is 3. The summed E-state index contributed by atoms with van der Waals surface area (Å²) in [6.45, 7) is 8.71. The standard InChI is InChI=1S/C16H22BrN3O/c1-5-11-13(17)12(20(6-2)19-11)9-16(10-18)8-7-15(3,4)14(16)21/h5-9H2,1-4H3. The van der Waals surface area contributed by atoms with Crippen LogP contribution in [0.25, 0.3) is 0 Å². The van der Waals surface area contributed by atoms with Crippen LogP contribution in [-0.2, 0) is 24.2 Å². The zero-order valence-electron chi connectivity index (χ0n) is 13.2. The van der Waals surface area contributed by atoms with E-state index in [0.717, 1.165) is 35.2 Å². The molecule has 1 aliphatic rings. The lowest BCUT2D eigenvalue weighted by Crippen LogP contribution is -2.33. The Morgan fingerprint density at radius 1 is 1.38 bits per heavy atom. The van der Waals surface area contributed by atoms with Crippen LogP contribution in [0.5, 0.6) is 0 Å². The molecule has 4 nitrogen and oxygen atoms in total. The van der Waals surface area contributed by atoms with Crippen molar-refractivity contribution in [1.29, 1.82) is 5.26 Å². The molecule has 1 aromatic heterocycles. The maximum Gasteiger partial charge on any atom is 0.159 e. The Bertz CT molecular complexity index is 612. The molecule has 1 heterocycles. The molecule has 0 saturated heterocycles. The van der Waals surface area contributed by atoms with Crippen LogP contribution in [0, 0.1) is 22.2 Å². The highest BCUT2D eigenvalue weighted by molar-refractivity contribution is 9.10. The van der Waals surface area contributed by atoms with Crippen molar-refractivity contribution in [3.05, 3.63) is 15.9 Å². The van der Waals surface area contributed by atoms with E-state index in [1.54, 1.807) is 0 Å². The number of hydrogen-bond acceptors (Lipinski definition) is 3. The summed E-state index contributed by atoms with van der Waals surface area (Å²) in [5, 5.41) is 14.2. The number of carbonyl (C=O) groups excluding carboxylic acids is 1. The molecule has 0 aliphatic heterocycles. The number of aryl methyl sites for hydroxylation is 2. The molecule has 1 unspecified atom stereocenters. The van der Waals surface area contributed by atoms with Crippen LogP contribution < -0.4 is 0 Å². The Kier molecular flexibility index (Phi) is 4.30. The van der Waals surface area contributed by atoms with Crippen molar-refractivity contribution in [2.24, 2.45) is 10.8 Å². The molecule has 114 valence electrons. The Morgan fingerprint density at radius 3 is 2.48 bits per heavy atom. The van der Waals surface area contributed by atoms with Crippen molar-refractivity contribution in [2.75, 3.05) is 0 Å². The third-order valence-corrected chi connectivity index (χ3v) is 5.52. The monoisotopic (exact) mass is 351 g/mol. The van der Waals surface area contributed by atoms with Gasteiger partial charge in [-0.25, -0.2) is 0 Å². The molecule has 1 aliphatic carbocycles. The van der Waals surface area contributed by atoms with Crippen molar-refractivity contribution in [3.63, 3.8) is 0 Å². The zero-order chi connectivity index (χ0) is 15.8. The fourth-order valence-corrected chi connectivity index (χ4v) is 3.89. The minimum absolute atomic E-state index is 0.0753. The lowest BCUT2D eigenvalue weighted by molar-refractivity contribution is -0.130. The average molecular weight is 352 g/mol. The first-order valence-electron chi connectivity index (χ1n) is 7.51. The molecule has 1 atom stereocenters. The van der Waals surface area contributed by atoms with Crippen LogP contribution >= 0.6 is 15.9 Å². The fourth-order valence-electron chi connectivity index (χ4n) is 3.19. The third-order valence-electron chi connectivity index (χ3n) is 4.60. The predicted octanol–water partition coefficient (Wildman–Crippen LogP) is 3.67. The minimum atomic E-state index is -0.899. The second-order valence-electron chi connectivity index (χ2n) is 6.46. The van der Waals surface area contributed by atoms with Gasteiger partial charge in [0.25, 0.3) is 0 Å². The summed E-state index contributed by atoms with van der Waals surface area (Å²) < 4.78 is 2.87.